The second kappa shape index (κ2) is 8.55. The summed E-state index contributed by atoms with van der Waals surface area (Å²) in [5.74, 6) is -0.570. The standard InChI is InChI=1S/C21H20N2O6/c1-3-28-15-10-8-14(9-11-15)19(25)13(2)29-18(24)12-23-21(27)17-7-5-4-6-16(17)20(26)22-23/h4-11,13H,3,12H2,1-2H3,(H,22,26)/t13-/m0/s1. The fraction of sp³-hybridized carbons (Fsp3) is 0.238. The van der Waals surface area contributed by atoms with Crippen LogP contribution >= 0.6 is 0 Å². The number of hydrogen-bond acceptors (Lipinski definition) is 6. The summed E-state index contributed by atoms with van der Waals surface area (Å²) < 4.78 is 11.4. The van der Waals surface area contributed by atoms with Crippen molar-refractivity contribution in [2.45, 2.75) is 26.5 Å². The number of carbonyl (C=O) groups excluding carboxylic acids is 2. The summed E-state index contributed by atoms with van der Waals surface area (Å²) in [5, 5.41) is 2.78. The number of nitrogens with zero attached hydrogens (tertiary/aromatic N) is 1. The number of benzene rings is 2. The largest absolute Gasteiger partial charge is 0.494 e. The smallest absolute Gasteiger partial charge is 0.328 e. The maximum absolute atomic E-state index is 12.5. The molecule has 0 spiro atoms. The first-order valence-electron chi connectivity index (χ1n) is 9.09. The second-order valence-corrected chi connectivity index (χ2v) is 6.33. The Morgan fingerprint density at radius 1 is 1.03 bits per heavy atom. The molecule has 0 unspecified atom stereocenters. The maximum atomic E-state index is 12.5. The zero-order chi connectivity index (χ0) is 21.0. The van der Waals surface area contributed by atoms with Gasteiger partial charge in [0.15, 0.2) is 6.10 Å². The number of esters is 1. The molecule has 0 fully saturated rings. The van der Waals surface area contributed by atoms with Gasteiger partial charge in [-0.2, -0.15) is 0 Å². The van der Waals surface area contributed by atoms with E-state index in [0.717, 1.165) is 4.68 Å². The van der Waals surface area contributed by atoms with Crippen molar-refractivity contribution in [2.24, 2.45) is 0 Å². The molecule has 29 heavy (non-hydrogen) atoms. The molecule has 150 valence electrons. The molecule has 0 aliphatic carbocycles. The van der Waals surface area contributed by atoms with Gasteiger partial charge in [0.25, 0.3) is 11.1 Å². The Morgan fingerprint density at radius 3 is 2.34 bits per heavy atom. The van der Waals surface area contributed by atoms with Crippen LogP contribution in [0.3, 0.4) is 0 Å². The number of aromatic amines is 1. The van der Waals surface area contributed by atoms with Gasteiger partial charge in [0.05, 0.1) is 17.4 Å². The second-order valence-electron chi connectivity index (χ2n) is 6.33. The third-order valence-electron chi connectivity index (χ3n) is 4.30. The predicted molar refractivity (Wildman–Crippen MR) is 106 cm³/mol. The summed E-state index contributed by atoms with van der Waals surface area (Å²) in [4.78, 5) is 49.2. The highest BCUT2D eigenvalue weighted by atomic mass is 16.5. The number of hydrogen-bond donors (Lipinski definition) is 1. The molecule has 0 amide bonds. The average Bonchev–Trinajstić information content (AvgIpc) is 2.72. The van der Waals surface area contributed by atoms with Gasteiger partial charge in [0, 0.05) is 5.56 Å². The van der Waals surface area contributed by atoms with Gasteiger partial charge < -0.3 is 9.47 Å². The molecule has 2 aromatic carbocycles. The highest BCUT2D eigenvalue weighted by molar-refractivity contribution is 6.00. The Bertz CT molecular complexity index is 1160. The van der Waals surface area contributed by atoms with Crippen LogP contribution in [-0.2, 0) is 16.1 Å². The van der Waals surface area contributed by atoms with Crippen molar-refractivity contribution in [3.63, 3.8) is 0 Å². The molecule has 3 aromatic rings. The lowest BCUT2D eigenvalue weighted by molar-refractivity contribution is -0.147. The van der Waals surface area contributed by atoms with Gasteiger partial charge >= 0.3 is 5.97 Å². The first-order chi connectivity index (χ1) is 13.9. The Labute approximate surface area is 165 Å². The van der Waals surface area contributed by atoms with E-state index in [1.165, 1.54) is 19.1 Å². The average molecular weight is 396 g/mol. The van der Waals surface area contributed by atoms with Crippen molar-refractivity contribution < 1.29 is 19.1 Å². The minimum absolute atomic E-state index is 0.197. The van der Waals surface area contributed by atoms with Crippen LogP contribution in [0.15, 0.2) is 58.1 Å². The van der Waals surface area contributed by atoms with Crippen LogP contribution in [0.1, 0.15) is 24.2 Å². The number of aromatic nitrogens is 2. The van der Waals surface area contributed by atoms with Gasteiger partial charge in [-0.05, 0) is 50.2 Å². The molecule has 1 heterocycles. The topological polar surface area (TPSA) is 107 Å². The van der Waals surface area contributed by atoms with Gasteiger partial charge in [-0.25, -0.2) is 4.68 Å². The lowest BCUT2D eigenvalue weighted by Crippen LogP contribution is -2.34. The number of ether oxygens (including phenoxy) is 2. The fourth-order valence-corrected chi connectivity index (χ4v) is 2.89. The number of carbonyl (C=O) groups is 2. The molecule has 1 atom stereocenters. The minimum Gasteiger partial charge on any atom is -0.494 e. The van der Waals surface area contributed by atoms with Crippen molar-refractivity contribution in [1.29, 1.82) is 0 Å². The number of H-pyrrole nitrogens is 1. The quantitative estimate of drug-likeness (QED) is 0.483. The first-order valence-corrected chi connectivity index (χ1v) is 9.09. The van der Waals surface area contributed by atoms with Gasteiger partial charge in [-0.1, -0.05) is 12.1 Å². The molecule has 1 N–H and O–H groups in total. The summed E-state index contributed by atoms with van der Waals surface area (Å²) in [6.07, 6.45) is -1.05. The van der Waals surface area contributed by atoms with Crippen LogP contribution in [0.25, 0.3) is 10.8 Å². The van der Waals surface area contributed by atoms with Gasteiger partial charge in [0.1, 0.15) is 12.3 Å². The van der Waals surface area contributed by atoms with E-state index in [9.17, 15) is 19.2 Å². The monoisotopic (exact) mass is 396 g/mol. The molecule has 0 aliphatic rings. The third-order valence-corrected chi connectivity index (χ3v) is 4.30. The molecule has 0 saturated heterocycles. The molecule has 8 nitrogen and oxygen atoms in total. The minimum atomic E-state index is -1.05. The van der Waals surface area contributed by atoms with E-state index in [1.807, 2.05) is 6.92 Å². The molecule has 0 saturated carbocycles. The lowest BCUT2D eigenvalue weighted by atomic mass is 10.1. The van der Waals surface area contributed by atoms with Crippen LogP contribution in [-0.4, -0.2) is 34.2 Å². The zero-order valence-corrected chi connectivity index (χ0v) is 16.0. The molecule has 0 aliphatic heterocycles. The first kappa shape index (κ1) is 20.1. The summed E-state index contributed by atoms with van der Waals surface area (Å²) in [7, 11) is 0. The highest BCUT2D eigenvalue weighted by Crippen LogP contribution is 2.14. The van der Waals surface area contributed by atoms with E-state index in [4.69, 9.17) is 9.47 Å². The van der Waals surface area contributed by atoms with E-state index >= 15 is 0 Å². The summed E-state index contributed by atoms with van der Waals surface area (Å²) in [5.41, 5.74) is -0.654. The third kappa shape index (κ3) is 4.43. The Morgan fingerprint density at radius 2 is 1.69 bits per heavy atom. The number of Topliss-reactive ketones (excluding diaryl/α,β-unsaturated/α-hetero) is 1. The van der Waals surface area contributed by atoms with Gasteiger partial charge in [-0.15, -0.1) is 0 Å². The predicted octanol–water partition coefficient (Wildman–Crippen LogP) is 1.90. The molecule has 3 rings (SSSR count). The van der Waals surface area contributed by atoms with E-state index in [0.29, 0.717) is 17.9 Å². The van der Waals surface area contributed by atoms with E-state index in [2.05, 4.69) is 5.10 Å². The van der Waals surface area contributed by atoms with Crippen LogP contribution in [0, 0.1) is 0 Å². The van der Waals surface area contributed by atoms with Crippen molar-refractivity contribution in [3.8, 4) is 5.75 Å². The van der Waals surface area contributed by atoms with Crippen molar-refractivity contribution >= 4 is 22.5 Å². The normalized spacial score (nSPS) is 11.8. The molecule has 8 heteroatoms. The Kier molecular flexibility index (Phi) is 5.92. The fourth-order valence-electron chi connectivity index (χ4n) is 2.89. The van der Waals surface area contributed by atoms with Crippen molar-refractivity contribution in [1.82, 2.24) is 9.78 Å². The van der Waals surface area contributed by atoms with Gasteiger partial charge in [0.2, 0.25) is 5.78 Å². The van der Waals surface area contributed by atoms with E-state index in [-0.39, 0.29) is 16.6 Å². The SMILES string of the molecule is CCOc1ccc(C(=O)[C@H](C)OC(=O)Cn2[nH]c(=O)c3ccccc3c2=O)cc1. The zero-order valence-electron chi connectivity index (χ0n) is 16.0. The molecule has 1 aromatic heterocycles. The Hall–Kier alpha value is -3.68. The van der Waals surface area contributed by atoms with Gasteiger partial charge in [-0.3, -0.25) is 24.3 Å². The van der Waals surface area contributed by atoms with E-state index < -0.39 is 29.7 Å². The van der Waals surface area contributed by atoms with Crippen molar-refractivity contribution in [3.05, 3.63) is 74.8 Å². The summed E-state index contributed by atoms with van der Waals surface area (Å²) in [6, 6.07) is 12.8. The number of rotatable bonds is 7. The number of ketones is 1. The Balaban J connectivity index is 1.71. The van der Waals surface area contributed by atoms with Crippen LogP contribution in [0.4, 0.5) is 0 Å². The maximum Gasteiger partial charge on any atom is 0.328 e. The summed E-state index contributed by atoms with van der Waals surface area (Å²) in [6.45, 7) is 3.30. The summed E-state index contributed by atoms with van der Waals surface area (Å²) >= 11 is 0. The molecule has 0 bridgehead atoms. The molecular formula is C21H20N2O6. The van der Waals surface area contributed by atoms with Crippen LogP contribution in [0.2, 0.25) is 0 Å². The van der Waals surface area contributed by atoms with Crippen LogP contribution in [0.5, 0.6) is 5.75 Å². The molecular weight excluding hydrogens is 376 g/mol. The molecule has 0 radical (unpaired) electrons. The lowest BCUT2D eigenvalue weighted by Gasteiger charge is -2.13. The highest BCUT2D eigenvalue weighted by Gasteiger charge is 2.20. The van der Waals surface area contributed by atoms with Crippen LogP contribution < -0.4 is 15.9 Å². The number of nitrogens with one attached hydrogen (secondary N) is 1. The van der Waals surface area contributed by atoms with E-state index in [1.54, 1.807) is 36.4 Å². The van der Waals surface area contributed by atoms with Crippen molar-refractivity contribution in [2.75, 3.05) is 6.61 Å². The number of fused-ring (bicyclic) bond motifs is 1.